The van der Waals surface area contributed by atoms with E-state index < -0.39 is 59.1 Å². The Bertz CT molecular complexity index is 2950. The number of hydrogen-bond acceptors (Lipinski definition) is 12. The minimum absolute atomic E-state index is 0.00507. The number of amides is 7. The van der Waals surface area contributed by atoms with Crippen molar-refractivity contribution in [3.63, 3.8) is 0 Å². The predicted octanol–water partition coefficient (Wildman–Crippen LogP) is 2.26. The van der Waals surface area contributed by atoms with Gasteiger partial charge in [0.15, 0.2) is 17.5 Å². The zero-order chi connectivity index (χ0) is 49.8. The van der Waals surface area contributed by atoms with Crippen molar-refractivity contribution in [2.75, 3.05) is 33.1 Å². The lowest BCUT2D eigenvalue weighted by Gasteiger charge is -2.23. The standard InChI is InChI=1S/C42H50N16O10/c1-42(2,3)68-41(67)48-25(34(59)45-22-14-27(55(6)17-22)37(62)52-30-21-58(9)33(50-30)40(65)66)10-11-44-38(63)32-49-29(20-57(32)8)51-36(61)28-15-23(18-56(28)7)46-35(60)26-16-24(19-54(26)5)47-39(64)31-43-12-13-53(31)4/h12-21,25H,10-11H2,1-9H3,(H,44,63)(H,45,59)(H,46,60)(H,47,64)(H,48,67)(H,51,61)(H,52,62)(H,65,66)/t25-/m0/s1. The van der Waals surface area contributed by atoms with Crippen LogP contribution in [0.3, 0.4) is 0 Å². The van der Waals surface area contributed by atoms with Gasteiger partial charge in [0.25, 0.3) is 29.5 Å². The van der Waals surface area contributed by atoms with Gasteiger partial charge < -0.3 is 74.5 Å². The number of carbonyl (C=O) groups excluding carboxylic acids is 7. The third kappa shape index (κ3) is 11.6. The van der Waals surface area contributed by atoms with Crippen LogP contribution < -0.4 is 37.2 Å². The Morgan fingerprint density at radius 2 is 1.06 bits per heavy atom. The van der Waals surface area contributed by atoms with Crippen molar-refractivity contribution in [3.8, 4) is 0 Å². The molecule has 7 amide bonds. The van der Waals surface area contributed by atoms with Crippen molar-refractivity contribution in [2.45, 2.75) is 38.8 Å². The highest BCUT2D eigenvalue weighted by Gasteiger charge is 2.27. The average Bonchev–Trinajstić information content (AvgIpc) is 4.10. The van der Waals surface area contributed by atoms with Crippen molar-refractivity contribution >= 4 is 76.2 Å². The quantitative estimate of drug-likeness (QED) is 0.0692. The molecule has 26 nitrogen and oxygen atoms in total. The zero-order valence-electron chi connectivity index (χ0n) is 38.4. The van der Waals surface area contributed by atoms with Crippen LogP contribution in [0.4, 0.5) is 33.5 Å². The molecule has 68 heavy (non-hydrogen) atoms. The van der Waals surface area contributed by atoms with Gasteiger partial charge >= 0.3 is 12.1 Å². The summed E-state index contributed by atoms with van der Waals surface area (Å²) in [6, 6.07) is 3.06. The van der Waals surface area contributed by atoms with Crippen molar-refractivity contribution < 1.29 is 48.2 Å². The third-order valence-corrected chi connectivity index (χ3v) is 9.88. The molecule has 0 aliphatic heterocycles. The van der Waals surface area contributed by atoms with Crippen LogP contribution in [0.15, 0.2) is 61.6 Å². The second-order valence-corrected chi connectivity index (χ2v) is 16.5. The maximum atomic E-state index is 13.6. The molecule has 0 unspecified atom stereocenters. The predicted molar refractivity (Wildman–Crippen MR) is 243 cm³/mol. The molecule has 6 aromatic heterocycles. The topological polar surface area (TPSA) is 318 Å². The molecule has 0 saturated heterocycles. The van der Waals surface area contributed by atoms with Crippen LogP contribution in [0.25, 0.3) is 0 Å². The molecule has 0 aromatic carbocycles. The van der Waals surface area contributed by atoms with E-state index in [-0.39, 0.29) is 64.8 Å². The van der Waals surface area contributed by atoms with Crippen LogP contribution in [0.2, 0.25) is 0 Å². The summed E-state index contributed by atoms with van der Waals surface area (Å²) in [6.07, 6.45) is 9.39. The maximum Gasteiger partial charge on any atom is 0.408 e. The van der Waals surface area contributed by atoms with Crippen molar-refractivity contribution in [2.24, 2.45) is 42.3 Å². The molecule has 6 rings (SSSR count). The number of ether oxygens (including phenoxy) is 1. The smallest absolute Gasteiger partial charge is 0.408 e. The molecule has 1 atom stereocenters. The number of nitrogens with zero attached hydrogens (tertiary/aromatic N) is 9. The molecule has 8 N–H and O–H groups in total. The fourth-order valence-electron chi connectivity index (χ4n) is 6.72. The summed E-state index contributed by atoms with van der Waals surface area (Å²) < 4.78 is 14.0. The first-order chi connectivity index (χ1) is 32.0. The molecule has 0 bridgehead atoms. The van der Waals surface area contributed by atoms with Gasteiger partial charge in [-0.1, -0.05) is 0 Å². The summed E-state index contributed by atoms with van der Waals surface area (Å²) in [6.45, 7) is 4.79. The number of anilines is 5. The Labute approximate surface area is 387 Å². The number of aromatic nitrogens is 9. The highest BCUT2D eigenvalue weighted by Crippen LogP contribution is 2.20. The first-order valence-electron chi connectivity index (χ1n) is 20.6. The molecular formula is C42H50N16O10. The Balaban J connectivity index is 1.05. The van der Waals surface area contributed by atoms with Gasteiger partial charge in [-0.2, -0.15) is 0 Å². The van der Waals surface area contributed by atoms with Crippen LogP contribution >= 0.6 is 0 Å². The Hall–Kier alpha value is -8.97. The molecule has 0 aliphatic rings. The number of alkyl carbamates (subject to hydrolysis) is 1. The molecule has 0 radical (unpaired) electrons. The van der Waals surface area contributed by atoms with Gasteiger partial charge in [0.1, 0.15) is 28.7 Å². The SMILES string of the molecule is Cn1cc(NC(=O)c2nccn2C)cc1C(=O)Nc1cc(C(=O)Nc2cn(C)c(C(=O)NCC[C@H](NC(=O)OC(C)(C)C)C(=O)Nc3cc(C(=O)Nc4cn(C)c(C(=O)O)n4)n(C)c3)n2)n(C)c1. The van der Waals surface area contributed by atoms with Crippen molar-refractivity contribution in [3.05, 3.63) is 96.1 Å². The number of carbonyl (C=O) groups is 8. The number of aryl methyl sites for hydroxylation is 6. The zero-order valence-corrected chi connectivity index (χ0v) is 38.4. The van der Waals surface area contributed by atoms with E-state index in [0.717, 1.165) is 0 Å². The van der Waals surface area contributed by atoms with E-state index >= 15 is 0 Å². The van der Waals surface area contributed by atoms with Gasteiger partial charge in [0.2, 0.25) is 17.6 Å². The van der Waals surface area contributed by atoms with Crippen LogP contribution in [-0.4, -0.2) is 113 Å². The number of carboxylic acid groups (broad SMARTS) is 1. The lowest BCUT2D eigenvalue weighted by Crippen LogP contribution is -2.47. The van der Waals surface area contributed by atoms with E-state index in [2.05, 4.69) is 52.2 Å². The summed E-state index contributed by atoms with van der Waals surface area (Å²) in [5, 5.41) is 27.7. The van der Waals surface area contributed by atoms with Gasteiger partial charge in [0, 0.05) is 92.2 Å². The molecule has 0 fully saturated rings. The summed E-state index contributed by atoms with van der Waals surface area (Å²) in [4.78, 5) is 116. The van der Waals surface area contributed by atoms with Gasteiger partial charge in [-0.3, -0.25) is 28.8 Å². The highest BCUT2D eigenvalue weighted by atomic mass is 16.6. The first-order valence-corrected chi connectivity index (χ1v) is 20.6. The number of carboxylic acids is 1. The molecule has 358 valence electrons. The van der Waals surface area contributed by atoms with E-state index in [9.17, 15) is 43.5 Å². The van der Waals surface area contributed by atoms with E-state index in [0.29, 0.717) is 11.4 Å². The molecule has 0 aliphatic carbocycles. The maximum absolute atomic E-state index is 13.6. The highest BCUT2D eigenvalue weighted by molar-refractivity contribution is 6.08. The van der Waals surface area contributed by atoms with E-state index in [1.807, 2.05) is 0 Å². The average molecular weight is 939 g/mol. The van der Waals surface area contributed by atoms with Crippen LogP contribution in [0.5, 0.6) is 0 Å². The number of rotatable bonds is 16. The minimum Gasteiger partial charge on any atom is -0.475 e. The van der Waals surface area contributed by atoms with Gasteiger partial charge in [-0.05, 0) is 45.4 Å². The first kappa shape index (κ1) is 48.5. The number of hydrogen-bond donors (Lipinski definition) is 8. The van der Waals surface area contributed by atoms with Gasteiger partial charge in [0.05, 0.1) is 17.1 Å². The third-order valence-electron chi connectivity index (χ3n) is 9.88. The van der Waals surface area contributed by atoms with E-state index in [4.69, 9.17) is 4.74 Å². The lowest BCUT2D eigenvalue weighted by atomic mass is 10.2. The van der Waals surface area contributed by atoms with Crippen molar-refractivity contribution in [1.29, 1.82) is 0 Å². The molecule has 6 heterocycles. The van der Waals surface area contributed by atoms with E-state index in [1.165, 1.54) is 86.1 Å². The van der Waals surface area contributed by atoms with Crippen molar-refractivity contribution in [1.82, 2.24) is 53.0 Å². The number of imidazole rings is 3. The normalized spacial score (nSPS) is 11.6. The summed E-state index contributed by atoms with van der Waals surface area (Å²) in [5.41, 5.74) is 0.400. The monoisotopic (exact) mass is 938 g/mol. The molecule has 0 saturated carbocycles. The summed E-state index contributed by atoms with van der Waals surface area (Å²) >= 11 is 0. The van der Waals surface area contributed by atoms with Gasteiger partial charge in [-0.15, -0.1) is 0 Å². The van der Waals surface area contributed by atoms with Crippen LogP contribution in [0.1, 0.15) is 90.5 Å². The Morgan fingerprint density at radius 1 is 0.588 bits per heavy atom. The van der Waals surface area contributed by atoms with Crippen LogP contribution in [0, 0.1) is 0 Å². The summed E-state index contributed by atoms with van der Waals surface area (Å²) in [5.74, 6) is -5.04. The second-order valence-electron chi connectivity index (χ2n) is 16.5. The Morgan fingerprint density at radius 3 is 1.53 bits per heavy atom. The number of aromatic carboxylic acids is 1. The van der Waals surface area contributed by atoms with Gasteiger partial charge in [-0.25, -0.2) is 24.5 Å². The molecule has 26 heteroatoms. The fourth-order valence-corrected chi connectivity index (χ4v) is 6.72. The Kier molecular flexibility index (Phi) is 14.0. The molecule has 0 spiro atoms. The largest absolute Gasteiger partial charge is 0.475 e. The molecular weight excluding hydrogens is 889 g/mol. The van der Waals surface area contributed by atoms with E-state index in [1.54, 1.807) is 65.9 Å². The number of nitrogens with one attached hydrogen (secondary N) is 7. The lowest BCUT2D eigenvalue weighted by molar-refractivity contribution is -0.118. The summed E-state index contributed by atoms with van der Waals surface area (Å²) in [7, 11) is 9.46. The van der Waals surface area contributed by atoms with Crippen LogP contribution in [-0.2, 0) is 51.8 Å². The second kappa shape index (κ2) is 19.6. The molecule has 6 aromatic rings. The fraction of sp³-hybridized carbons (Fsp3) is 0.310. The minimum atomic E-state index is -1.28.